The average Bonchev–Trinajstić information content (AvgIpc) is 3.72. The van der Waals surface area contributed by atoms with Gasteiger partial charge in [0.15, 0.2) is 0 Å². The van der Waals surface area contributed by atoms with E-state index in [0.717, 1.165) is 58.4 Å². The van der Waals surface area contributed by atoms with Crippen LogP contribution in [-0.2, 0) is 0 Å². The standard InChI is InChI=1S/C31H44Si/c1-3-20-18-28-24(22-12-13-22)8-5-10-26(28)30(20)32(16-7-17-32)31-21(4-2)19-29-25(23-14-15-23)9-6-11-27(29)31/h5-6,8-11,20-23,26-31H,3-4,7,12-19H2,1-2H3. The van der Waals surface area contributed by atoms with Crippen LogP contribution in [0, 0.1) is 47.3 Å². The minimum Gasteiger partial charge on any atom is -0.0808 e. The summed E-state index contributed by atoms with van der Waals surface area (Å²) in [4.78, 5) is 0. The molecule has 7 aliphatic rings. The van der Waals surface area contributed by atoms with Crippen molar-refractivity contribution in [3.8, 4) is 0 Å². The van der Waals surface area contributed by atoms with Crippen LogP contribution in [-0.4, -0.2) is 8.07 Å². The van der Waals surface area contributed by atoms with Crippen LogP contribution in [0.4, 0.5) is 0 Å². The Hall–Kier alpha value is -0.823. The highest BCUT2D eigenvalue weighted by atomic mass is 28.3. The van der Waals surface area contributed by atoms with Crippen molar-refractivity contribution in [3.63, 3.8) is 0 Å². The first-order chi connectivity index (χ1) is 15.7. The van der Waals surface area contributed by atoms with Gasteiger partial charge in [-0.25, -0.2) is 0 Å². The number of hydrogen-bond donors (Lipinski definition) is 0. The lowest BCUT2D eigenvalue weighted by atomic mass is 9.82. The zero-order valence-electron chi connectivity index (χ0n) is 20.5. The summed E-state index contributed by atoms with van der Waals surface area (Å²) < 4.78 is 0. The van der Waals surface area contributed by atoms with Crippen molar-refractivity contribution in [1.29, 1.82) is 0 Å². The normalized spacial score (nSPS) is 46.3. The van der Waals surface area contributed by atoms with Crippen LogP contribution in [0.15, 0.2) is 47.6 Å². The minimum atomic E-state index is -1.31. The maximum Gasteiger partial charge on any atom is 0.0615 e. The molecule has 0 aromatic rings. The second-order valence-electron chi connectivity index (χ2n) is 13.0. The second kappa shape index (κ2) is 7.59. The molecule has 7 rings (SSSR count). The summed E-state index contributed by atoms with van der Waals surface area (Å²) in [5, 5.41) is 0. The summed E-state index contributed by atoms with van der Waals surface area (Å²) in [5.74, 6) is 7.64. The SMILES string of the molecule is CCC1CC2C(C3CC3)=CC=CC2C1[Si]1(C2C(CC)CC3C(C4CC4)=CC=CC32)CCC1. The van der Waals surface area contributed by atoms with Gasteiger partial charge in [-0.05, 0) is 97.0 Å². The molecule has 5 fully saturated rings. The molecule has 8 atom stereocenters. The van der Waals surface area contributed by atoms with E-state index in [1.54, 1.807) is 18.5 Å². The third-order valence-corrected chi connectivity index (χ3v) is 18.7. The van der Waals surface area contributed by atoms with Crippen LogP contribution in [0.2, 0.25) is 23.2 Å². The van der Waals surface area contributed by atoms with E-state index < -0.39 is 8.07 Å². The lowest BCUT2D eigenvalue weighted by Crippen LogP contribution is -2.56. The molecule has 0 bridgehead atoms. The number of hydrogen-bond acceptors (Lipinski definition) is 0. The fraction of sp³-hybridized carbons (Fsp3) is 0.742. The van der Waals surface area contributed by atoms with Crippen LogP contribution < -0.4 is 0 Å². The zero-order valence-corrected chi connectivity index (χ0v) is 21.5. The molecule has 0 N–H and O–H groups in total. The Morgan fingerprint density at radius 3 is 1.53 bits per heavy atom. The molecule has 6 aliphatic carbocycles. The first kappa shape index (κ1) is 20.5. The number of allylic oxidation sites excluding steroid dienone is 8. The van der Waals surface area contributed by atoms with Crippen molar-refractivity contribution >= 4 is 8.07 Å². The molecule has 1 heteroatoms. The maximum atomic E-state index is 2.74. The molecular formula is C31H44Si. The summed E-state index contributed by atoms with van der Waals surface area (Å²) >= 11 is 0. The Morgan fingerprint density at radius 2 is 1.19 bits per heavy atom. The van der Waals surface area contributed by atoms with Crippen LogP contribution >= 0.6 is 0 Å². The summed E-state index contributed by atoms with van der Waals surface area (Å²) in [6, 6.07) is 3.35. The molecule has 1 saturated heterocycles. The Labute approximate surface area is 197 Å². The molecule has 8 unspecified atom stereocenters. The summed E-state index contributed by atoms with van der Waals surface area (Å²) in [6.45, 7) is 5.09. The van der Waals surface area contributed by atoms with Crippen LogP contribution in [0.5, 0.6) is 0 Å². The van der Waals surface area contributed by atoms with Crippen LogP contribution in [0.3, 0.4) is 0 Å². The van der Waals surface area contributed by atoms with Crippen molar-refractivity contribution in [2.24, 2.45) is 47.3 Å². The number of fused-ring (bicyclic) bond motifs is 2. The molecule has 32 heavy (non-hydrogen) atoms. The van der Waals surface area contributed by atoms with E-state index in [4.69, 9.17) is 0 Å². The maximum absolute atomic E-state index is 2.74. The van der Waals surface area contributed by atoms with Gasteiger partial charge in [0, 0.05) is 0 Å². The van der Waals surface area contributed by atoms with Gasteiger partial charge in [-0.1, -0.05) is 92.8 Å². The lowest BCUT2D eigenvalue weighted by Gasteiger charge is -2.56. The molecular weight excluding hydrogens is 400 g/mol. The van der Waals surface area contributed by atoms with Gasteiger partial charge in [0.05, 0.1) is 8.07 Å². The molecule has 172 valence electrons. The van der Waals surface area contributed by atoms with Gasteiger partial charge in [-0.15, -0.1) is 0 Å². The molecule has 0 nitrogen and oxygen atoms in total. The summed E-state index contributed by atoms with van der Waals surface area (Å²) in [5.41, 5.74) is 5.97. The van der Waals surface area contributed by atoms with Crippen molar-refractivity contribution in [3.05, 3.63) is 47.6 Å². The highest BCUT2D eigenvalue weighted by molar-refractivity contribution is 6.85. The quantitative estimate of drug-likeness (QED) is 0.359. The highest BCUT2D eigenvalue weighted by Gasteiger charge is 2.64. The smallest absolute Gasteiger partial charge is 0.0615 e. The average molecular weight is 445 g/mol. The topological polar surface area (TPSA) is 0 Å². The van der Waals surface area contributed by atoms with Crippen molar-refractivity contribution in [2.75, 3.05) is 0 Å². The van der Waals surface area contributed by atoms with E-state index in [9.17, 15) is 0 Å². The van der Waals surface area contributed by atoms with Crippen LogP contribution in [0.25, 0.3) is 0 Å². The van der Waals surface area contributed by atoms with Gasteiger partial charge in [0.1, 0.15) is 0 Å². The van der Waals surface area contributed by atoms with E-state index in [0.29, 0.717) is 0 Å². The third kappa shape index (κ3) is 2.91. The predicted molar refractivity (Wildman–Crippen MR) is 138 cm³/mol. The van der Waals surface area contributed by atoms with Gasteiger partial charge in [0.25, 0.3) is 0 Å². The lowest BCUT2D eigenvalue weighted by molar-refractivity contribution is 0.427. The highest BCUT2D eigenvalue weighted by Crippen LogP contribution is 2.70. The predicted octanol–water partition coefficient (Wildman–Crippen LogP) is 8.72. The number of rotatable bonds is 6. The van der Waals surface area contributed by atoms with E-state index in [-0.39, 0.29) is 0 Å². The Kier molecular flexibility index (Phi) is 4.87. The van der Waals surface area contributed by atoms with Gasteiger partial charge in [0.2, 0.25) is 0 Å². The van der Waals surface area contributed by atoms with E-state index >= 15 is 0 Å². The molecule has 0 spiro atoms. The summed E-state index contributed by atoms with van der Waals surface area (Å²) in [6.07, 6.45) is 29.1. The zero-order chi connectivity index (χ0) is 21.4. The molecule has 1 heterocycles. The molecule has 0 radical (unpaired) electrons. The first-order valence-corrected chi connectivity index (χ1v) is 17.1. The minimum absolute atomic E-state index is 0.912. The molecule has 0 aromatic heterocycles. The Morgan fingerprint density at radius 1 is 0.719 bits per heavy atom. The van der Waals surface area contributed by atoms with E-state index in [1.165, 1.54) is 51.4 Å². The van der Waals surface area contributed by atoms with Gasteiger partial charge in [-0.3, -0.25) is 0 Å². The fourth-order valence-electron chi connectivity index (χ4n) is 10.2. The molecule has 1 aliphatic heterocycles. The Balaban J connectivity index is 1.26. The van der Waals surface area contributed by atoms with Crippen molar-refractivity contribution in [1.82, 2.24) is 0 Å². The van der Waals surface area contributed by atoms with Gasteiger partial charge in [-0.2, -0.15) is 0 Å². The summed E-state index contributed by atoms with van der Waals surface area (Å²) in [7, 11) is -1.31. The van der Waals surface area contributed by atoms with E-state index in [1.807, 2.05) is 11.1 Å². The third-order valence-electron chi connectivity index (χ3n) is 11.7. The second-order valence-corrected chi connectivity index (χ2v) is 17.8. The van der Waals surface area contributed by atoms with Gasteiger partial charge >= 0.3 is 0 Å². The fourth-order valence-corrected chi connectivity index (χ4v) is 18.0. The van der Waals surface area contributed by atoms with Crippen molar-refractivity contribution in [2.45, 2.75) is 94.8 Å². The van der Waals surface area contributed by atoms with Crippen molar-refractivity contribution < 1.29 is 0 Å². The first-order valence-electron chi connectivity index (χ1n) is 14.5. The van der Waals surface area contributed by atoms with E-state index in [2.05, 4.69) is 50.3 Å². The molecule has 0 aromatic carbocycles. The molecule has 0 amide bonds. The largest absolute Gasteiger partial charge is 0.0808 e. The molecule has 4 saturated carbocycles. The van der Waals surface area contributed by atoms with Crippen LogP contribution in [0.1, 0.15) is 71.6 Å². The Bertz CT molecular complexity index is 808. The monoisotopic (exact) mass is 444 g/mol. The van der Waals surface area contributed by atoms with Gasteiger partial charge < -0.3 is 0 Å².